The highest BCUT2D eigenvalue weighted by Crippen LogP contribution is 2.30. The van der Waals surface area contributed by atoms with E-state index in [1.54, 1.807) is 24.4 Å². The van der Waals surface area contributed by atoms with E-state index in [0.29, 0.717) is 48.2 Å². The largest absolute Gasteiger partial charge is 0.341 e. The summed E-state index contributed by atoms with van der Waals surface area (Å²) in [5, 5.41) is 5.93. The van der Waals surface area contributed by atoms with E-state index >= 15 is 0 Å². The number of piperidine rings is 2. The maximum Gasteiger partial charge on any atom is 0.255 e. The number of anilines is 1. The van der Waals surface area contributed by atoms with E-state index in [0.717, 1.165) is 29.5 Å². The first-order chi connectivity index (χ1) is 20.2. The summed E-state index contributed by atoms with van der Waals surface area (Å²) in [7, 11) is 0. The van der Waals surface area contributed by atoms with Gasteiger partial charge in [-0.1, -0.05) is 29.8 Å². The summed E-state index contributed by atoms with van der Waals surface area (Å²) in [5.74, 6) is -0.337. The number of aliphatic imine (C=N–C) groups is 2. The topological polar surface area (TPSA) is 124 Å². The van der Waals surface area contributed by atoms with Gasteiger partial charge in [-0.25, -0.2) is 9.98 Å². The van der Waals surface area contributed by atoms with Gasteiger partial charge in [0.25, 0.3) is 5.91 Å². The van der Waals surface area contributed by atoms with Crippen LogP contribution in [0.4, 0.5) is 5.69 Å². The van der Waals surface area contributed by atoms with Crippen LogP contribution in [0.25, 0.3) is 5.57 Å². The molecule has 0 bridgehead atoms. The standard InChI is InChI=1S/C31H33ClN6O4/c1-19(23-5-3-4-6-25(23)32)17-34-31(33-2)37-13-11-20(12-14-37)15-28(40)35-22-7-8-24-21(16-22)18-38(30(24)42)26-9-10-27(39)36-29(26)41/h3-8,16-17,20,26H,2,9-15,18H2,1H3,(H,35,40)(H,36,39,41)/b19-17+,34-31+. The zero-order valence-corrected chi connectivity index (χ0v) is 24.2. The van der Waals surface area contributed by atoms with Gasteiger partial charge in [0, 0.05) is 54.9 Å². The third-order valence-corrected chi connectivity index (χ3v) is 8.32. The zero-order valence-electron chi connectivity index (χ0n) is 23.4. The van der Waals surface area contributed by atoms with E-state index in [4.69, 9.17) is 11.6 Å². The summed E-state index contributed by atoms with van der Waals surface area (Å²) in [4.78, 5) is 61.8. The van der Waals surface area contributed by atoms with Gasteiger partial charge in [-0.2, -0.15) is 0 Å². The van der Waals surface area contributed by atoms with Crippen LogP contribution in [0.2, 0.25) is 5.02 Å². The molecule has 3 heterocycles. The van der Waals surface area contributed by atoms with Crippen LogP contribution in [-0.4, -0.2) is 65.2 Å². The molecule has 0 spiro atoms. The first-order valence-electron chi connectivity index (χ1n) is 14.0. The quantitative estimate of drug-likeness (QED) is 0.296. The Morgan fingerprint density at radius 3 is 2.62 bits per heavy atom. The lowest BCUT2D eigenvalue weighted by atomic mass is 9.93. The highest BCUT2D eigenvalue weighted by Gasteiger charge is 2.39. The fraction of sp³-hybridized carbons (Fsp3) is 0.355. The molecule has 3 aliphatic heterocycles. The van der Waals surface area contributed by atoms with Crippen LogP contribution in [0, 0.1) is 5.92 Å². The number of benzene rings is 2. The van der Waals surface area contributed by atoms with E-state index < -0.39 is 11.9 Å². The van der Waals surface area contributed by atoms with Crippen molar-refractivity contribution in [3.63, 3.8) is 0 Å². The van der Waals surface area contributed by atoms with Gasteiger partial charge in [0.15, 0.2) is 0 Å². The third kappa shape index (κ3) is 6.44. The van der Waals surface area contributed by atoms with Gasteiger partial charge in [-0.05, 0) is 79.8 Å². The highest BCUT2D eigenvalue weighted by molar-refractivity contribution is 6.32. The molecular formula is C31H33ClN6O4. The van der Waals surface area contributed by atoms with E-state index in [1.807, 2.05) is 31.2 Å². The average molecular weight is 589 g/mol. The molecule has 2 aromatic rings. The lowest BCUT2D eigenvalue weighted by Crippen LogP contribution is -2.52. The molecule has 0 radical (unpaired) electrons. The van der Waals surface area contributed by atoms with E-state index in [1.165, 1.54) is 4.90 Å². The first-order valence-corrected chi connectivity index (χ1v) is 14.4. The minimum Gasteiger partial charge on any atom is -0.341 e. The van der Waals surface area contributed by atoms with E-state index in [-0.39, 0.29) is 36.6 Å². The number of hydrogen-bond acceptors (Lipinski definition) is 5. The second-order valence-electron chi connectivity index (χ2n) is 10.8. The molecule has 3 aliphatic rings. The molecule has 0 aromatic heterocycles. The van der Waals surface area contributed by atoms with Crippen molar-refractivity contribution >= 4 is 59.2 Å². The van der Waals surface area contributed by atoms with Crippen molar-refractivity contribution in [2.45, 2.75) is 51.6 Å². The number of nitrogens with zero attached hydrogens (tertiary/aromatic N) is 4. The second kappa shape index (κ2) is 12.7. The summed E-state index contributed by atoms with van der Waals surface area (Å²) in [6.07, 6.45) is 4.27. The predicted molar refractivity (Wildman–Crippen MR) is 162 cm³/mol. The van der Waals surface area contributed by atoms with Crippen LogP contribution < -0.4 is 10.6 Å². The van der Waals surface area contributed by atoms with Crippen molar-refractivity contribution in [2.24, 2.45) is 15.9 Å². The molecule has 2 saturated heterocycles. The molecule has 218 valence electrons. The van der Waals surface area contributed by atoms with E-state index in [2.05, 4.69) is 32.2 Å². The second-order valence-corrected chi connectivity index (χ2v) is 11.2. The zero-order chi connectivity index (χ0) is 29.8. The summed E-state index contributed by atoms with van der Waals surface area (Å²) in [6, 6.07) is 12.1. The predicted octanol–water partition coefficient (Wildman–Crippen LogP) is 4.26. The molecule has 4 amide bonds. The monoisotopic (exact) mass is 588 g/mol. The van der Waals surface area contributed by atoms with Gasteiger partial charge in [0.1, 0.15) is 6.04 Å². The average Bonchev–Trinajstić information content (AvgIpc) is 3.29. The van der Waals surface area contributed by atoms with Crippen LogP contribution >= 0.6 is 11.6 Å². The summed E-state index contributed by atoms with van der Waals surface area (Å²) in [6.45, 7) is 7.32. The lowest BCUT2D eigenvalue weighted by Gasteiger charge is -2.32. The van der Waals surface area contributed by atoms with Gasteiger partial charge in [0.2, 0.25) is 23.7 Å². The van der Waals surface area contributed by atoms with Gasteiger partial charge in [0.05, 0.1) is 0 Å². The van der Waals surface area contributed by atoms with Crippen molar-refractivity contribution in [3.8, 4) is 0 Å². The van der Waals surface area contributed by atoms with Crippen molar-refractivity contribution in [1.82, 2.24) is 15.1 Å². The van der Waals surface area contributed by atoms with Crippen LogP contribution in [0.3, 0.4) is 0 Å². The minimum atomic E-state index is -0.671. The van der Waals surface area contributed by atoms with Crippen LogP contribution in [0.15, 0.2) is 58.6 Å². The number of nitrogens with one attached hydrogen (secondary N) is 2. The number of amides is 4. The Labute approximate surface area is 249 Å². The van der Waals surface area contributed by atoms with Crippen LogP contribution in [0.5, 0.6) is 0 Å². The van der Waals surface area contributed by atoms with Crippen molar-refractivity contribution in [1.29, 1.82) is 0 Å². The van der Waals surface area contributed by atoms with Gasteiger partial charge in [-0.3, -0.25) is 24.5 Å². The fourth-order valence-corrected chi connectivity index (χ4v) is 5.98. The number of guanidine groups is 1. The molecular weight excluding hydrogens is 556 g/mol. The fourth-order valence-electron chi connectivity index (χ4n) is 5.69. The summed E-state index contributed by atoms with van der Waals surface area (Å²) >= 11 is 6.29. The highest BCUT2D eigenvalue weighted by atomic mass is 35.5. The number of rotatable bonds is 6. The molecule has 2 N–H and O–H groups in total. The number of hydrogen-bond donors (Lipinski definition) is 2. The number of carbonyl (C=O) groups excluding carboxylic acids is 4. The first kappa shape index (κ1) is 29.2. The molecule has 0 aliphatic carbocycles. The van der Waals surface area contributed by atoms with Crippen molar-refractivity contribution < 1.29 is 19.2 Å². The molecule has 0 saturated carbocycles. The molecule has 5 rings (SSSR count). The van der Waals surface area contributed by atoms with Crippen LogP contribution in [0.1, 0.15) is 60.5 Å². The Morgan fingerprint density at radius 2 is 1.90 bits per heavy atom. The molecule has 1 unspecified atom stereocenters. The number of fused-ring (bicyclic) bond motifs is 1. The molecule has 2 fully saturated rings. The third-order valence-electron chi connectivity index (χ3n) is 7.99. The normalized spacial score (nSPS) is 20.0. The lowest BCUT2D eigenvalue weighted by molar-refractivity contribution is -0.137. The summed E-state index contributed by atoms with van der Waals surface area (Å²) < 4.78 is 0. The number of imide groups is 1. The van der Waals surface area contributed by atoms with Gasteiger partial charge >= 0.3 is 0 Å². The Hall–Kier alpha value is -4.31. The Balaban J connectivity index is 1.13. The molecule has 11 heteroatoms. The van der Waals surface area contributed by atoms with Gasteiger partial charge < -0.3 is 15.1 Å². The number of halogens is 1. The molecule has 1 atom stereocenters. The van der Waals surface area contributed by atoms with Crippen molar-refractivity contribution in [3.05, 3.63) is 70.4 Å². The Kier molecular flexibility index (Phi) is 8.82. The van der Waals surface area contributed by atoms with Crippen LogP contribution in [-0.2, 0) is 20.9 Å². The molecule has 42 heavy (non-hydrogen) atoms. The van der Waals surface area contributed by atoms with Crippen molar-refractivity contribution in [2.75, 3.05) is 18.4 Å². The number of allylic oxidation sites excluding steroid dienone is 1. The van der Waals surface area contributed by atoms with Gasteiger partial charge in [-0.15, -0.1) is 0 Å². The maximum atomic E-state index is 12.9. The Bertz CT molecular complexity index is 1490. The minimum absolute atomic E-state index is 0.0891. The maximum absolute atomic E-state index is 12.9. The number of likely N-dealkylation sites (tertiary alicyclic amines) is 1. The number of carbonyl (C=O) groups is 4. The van der Waals surface area contributed by atoms with E-state index in [9.17, 15) is 19.2 Å². The smallest absolute Gasteiger partial charge is 0.255 e. The Morgan fingerprint density at radius 1 is 1.14 bits per heavy atom. The SMILES string of the molecule is C=N/C(=N\C=C(/C)c1ccccc1Cl)N1CCC(CC(=O)Nc2ccc3c(c2)CN(C2CCC(=O)NC2=O)C3=O)CC1. The molecule has 2 aromatic carbocycles. The summed E-state index contributed by atoms with van der Waals surface area (Å²) in [5.41, 5.74) is 3.71. The molecule has 10 nitrogen and oxygen atoms in total.